The molecule has 8 heteroatoms. The highest BCUT2D eigenvalue weighted by atomic mass is 127. The Morgan fingerprint density at radius 3 is 2.52 bits per heavy atom. The minimum Gasteiger partial charge on any atom is -0.444 e. The molecular formula is C25H38IN5O2. The second-order valence-electron chi connectivity index (χ2n) is 9.00. The monoisotopic (exact) mass is 567 g/mol. The molecule has 0 unspecified atom stereocenters. The van der Waals surface area contributed by atoms with Gasteiger partial charge in [-0.3, -0.25) is 9.89 Å². The minimum absolute atomic E-state index is 0. The molecule has 2 heterocycles. The smallest absolute Gasteiger partial charge is 0.226 e. The summed E-state index contributed by atoms with van der Waals surface area (Å²) in [4.78, 5) is 11.7. The van der Waals surface area contributed by atoms with Gasteiger partial charge in [0.05, 0.1) is 18.9 Å². The van der Waals surface area contributed by atoms with Crippen molar-refractivity contribution in [3.63, 3.8) is 0 Å². The van der Waals surface area contributed by atoms with Crippen LogP contribution in [-0.4, -0.2) is 67.8 Å². The number of rotatable bonds is 7. The molecule has 0 bridgehead atoms. The van der Waals surface area contributed by atoms with Crippen LogP contribution in [0.3, 0.4) is 0 Å². The molecule has 2 aliphatic rings. The highest BCUT2D eigenvalue weighted by Gasteiger charge is 2.38. The van der Waals surface area contributed by atoms with Gasteiger partial charge in [0, 0.05) is 50.7 Å². The molecule has 2 aromatic rings. The van der Waals surface area contributed by atoms with Crippen molar-refractivity contribution in [1.82, 2.24) is 20.5 Å². The molecule has 0 spiro atoms. The zero-order valence-corrected chi connectivity index (χ0v) is 22.3. The summed E-state index contributed by atoms with van der Waals surface area (Å²) in [5, 5.41) is 7.06. The molecule has 0 amide bonds. The number of nitrogens with one attached hydrogen (secondary N) is 2. The number of nitrogens with zero attached hydrogens (tertiary/aromatic N) is 3. The van der Waals surface area contributed by atoms with Crippen LogP contribution in [0.25, 0.3) is 11.5 Å². The second kappa shape index (κ2) is 12.7. The SMILES string of the molecule is CN=C(NCCc1coc(-c2ccc(C)cc2)n1)NCC1(N2CCOCC2)CCCCC1.I. The normalized spacial score (nSPS) is 19.0. The Balaban J connectivity index is 0.00000306. The van der Waals surface area contributed by atoms with E-state index < -0.39 is 0 Å². The highest BCUT2D eigenvalue weighted by Crippen LogP contribution is 2.33. The third-order valence-electron chi connectivity index (χ3n) is 6.80. The molecule has 182 valence electrons. The second-order valence-corrected chi connectivity index (χ2v) is 9.00. The van der Waals surface area contributed by atoms with E-state index in [0.717, 1.165) is 63.0 Å². The van der Waals surface area contributed by atoms with E-state index in [2.05, 4.69) is 44.6 Å². The van der Waals surface area contributed by atoms with Crippen LogP contribution in [0.5, 0.6) is 0 Å². The number of ether oxygens (including phenoxy) is 1. The molecule has 4 rings (SSSR count). The predicted molar refractivity (Wildman–Crippen MR) is 143 cm³/mol. The van der Waals surface area contributed by atoms with E-state index in [1.165, 1.54) is 37.7 Å². The number of guanidine groups is 1. The van der Waals surface area contributed by atoms with Crippen molar-refractivity contribution in [2.75, 3.05) is 46.4 Å². The fourth-order valence-electron chi connectivity index (χ4n) is 4.88. The van der Waals surface area contributed by atoms with Gasteiger partial charge >= 0.3 is 0 Å². The van der Waals surface area contributed by atoms with Crippen molar-refractivity contribution in [2.45, 2.75) is 51.0 Å². The molecule has 0 radical (unpaired) electrons. The summed E-state index contributed by atoms with van der Waals surface area (Å²) in [6.07, 6.45) is 8.99. The van der Waals surface area contributed by atoms with E-state index in [-0.39, 0.29) is 29.5 Å². The Labute approximate surface area is 214 Å². The van der Waals surface area contributed by atoms with E-state index in [1.54, 1.807) is 6.26 Å². The first-order valence-corrected chi connectivity index (χ1v) is 12.0. The van der Waals surface area contributed by atoms with Crippen molar-refractivity contribution >= 4 is 29.9 Å². The number of morpholine rings is 1. The summed E-state index contributed by atoms with van der Waals surface area (Å²) < 4.78 is 11.3. The van der Waals surface area contributed by atoms with Crippen LogP contribution in [0.15, 0.2) is 39.9 Å². The van der Waals surface area contributed by atoms with E-state index in [4.69, 9.17) is 9.15 Å². The number of hydrogen-bond acceptors (Lipinski definition) is 5. The molecule has 1 aliphatic heterocycles. The Hall–Kier alpha value is -1.65. The number of halogens is 1. The fourth-order valence-corrected chi connectivity index (χ4v) is 4.88. The van der Waals surface area contributed by atoms with Crippen LogP contribution in [0.2, 0.25) is 0 Å². The van der Waals surface area contributed by atoms with E-state index >= 15 is 0 Å². The third-order valence-corrected chi connectivity index (χ3v) is 6.80. The number of oxazole rings is 1. The Morgan fingerprint density at radius 1 is 1.09 bits per heavy atom. The Bertz CT molecular complexity index is 871. The summed E-state index contributed by atoms with van der Waals surface area (Å²) >= 11 is 0. The lowest BCUT2D eigenvalue weighted by Gasteiger charge is -2.48. The van der Waals surface area contributed by atoms with Gasteiger partial charge in [0.15, 0.2) is 5.96 Å². The van der Waals surface area contributed by atoms with Gasteiger partial charge in [-0.15, -0.1) is 24.0 Å². The minimum atomic E-state index is 0. The van der Waals surface area contributed by atoms with Crippen molar-refractivity contribution in [2.24, 2.45) is 4.99 Å². The van der Waals surface area contributed by atoms with Crippen LogP contribution in [0, 0.1) is 6.92 Å². The van der Waals surface area contributed by atoms with Gasteiger partial charge in [-0.05, 0) is 31.9 Å². The largest absolute Gasteiger partial charge is 0.444 e. The molecule has 1 aliphatic carbocycles. The summed E-state index contributed by atoms with van der Waals surface area (Å²) in [6.45, 7) is 7.51. The van der Waals surface area contributed by atoms with Crippen molar-refractivity contribution < 1.29 is 9.15 Å². The molecule has 7 nitrogen and oxygen atoms in total. The first-order chi connectivity index (χ1) is 15.7. The Kier molecular flexibility index (Phi) is 10.0. The average molecular weight is 568 g/mol. The van der Waals surface area contributed by atoms with Crippen LogP contribution >= 0.6 is 24.0 Å². The first kappa shape index (κ1) is 26.0. The predicted octanol–water partition coefficient (Wildman–Crippen LogP) is 4.01. The maximum atomic E-state index is 5.68. The molecule has 2 fully saturated rings. The summed E-state index contributed by atoms with van der Waals surface area (Å²) in [6, 6.07) is 8.24. The van der Waals surface area contributed by atoms with E-state index in [9.17, 15) is 0 Å². The molecule has 1 aromatic heterocycles. The van der Waals surface area contributed by atoms with Crippen molar-refractivity contribution in [3.05, 3.63) is 41.8 Å². The highest BCUT2D eigenvalue weighted by molar-refractivity contribution is 14.0. The summed E-state index contributed by atoms with van der Waals surface area (Å²) in [5.41, 5.74) is 3.40. The zero-order chi connectivity index (χ0) is 22.2. The lowest BCUT2D eigenvalue weighted by atomic mass is 9.80. The van der Waals surface area contributed by atoms with E-state index in [1.807, 2.05) is 19.2 Å². The molecule has 1 aromatic carbocycles. The fraction of sp³-hybridized carbons (Fsp3) is 0.600. The van der Waals surface area contributed by atoms with Gasteiger partial charge in [0.25, 0.3) is 0 Å². The quantitative estimate of drug-likeness (QED) is 0.299. The number of benzene rings is 1. The molecule has 1 saturated carbocycles. The lowest BCUT2D eigenvalue weighted by Crippen LogP contribution is -2.60. The number of hydrogen-bond donors (Lipinski definition) is 2. The molecule has 0 atom stereocenters. The first-order valence-electron chi connectivity index (χ1n) is 12.0. The molecule has 1 saturated heterocycles. The summed E-state index contributed by atoms with van der Waals surface area (Å²) in [5.74, 6) is 1.53. The zero-order valence-electron chi connectivity index (χ0n) is 19.9. The van der Waals surface area contributed by atoms with Crippen LogP contribution in [0.1, 0.15) is 43.4 Å². The van der Waals surface area contributed by atoms with Crippen LogP contribution in [-0.2, 0) is 11.2 Å². The average Bonchev–Trinajstić information content (AvgIpc) is 3.32. The van der Waals surface area contributed by atoms with Gasteiger partial charge in [-0.1, -0.05) is 37.0 Å². The van der Waals surface area contributed by atoms with Gasteiger partial charge < -0.3 is 19.8 Å². The van der Waals surface area contributed by atoms with E-state index in [0.29, 0.717) is 5.89 Å². The third kappa shape index (κ3) is 6.93. The Morgan fingerprint density at radius 2 is 1.82 bits per heavy atom. The standard InChI is InChI=1S/C25H37N5O2.HI/c1-20-6-8-21(9-7-20)23-29-22(18-32-23)10-13-27-24(26-2)28-19-25(11-4-3-5-12-25)30-14-16-31-17-15-30;/h6-9,18H,3-5,10-17,19H2,1-2H3,(H2,26,27,28);1H. The maximum Gasteiger partial charge on any atom is 0.226 e. The maximum absolute atomic E-state index is 5.68. The van der Waals surface area contributed by atoms with Crippen molar-refractivity contribution in [3.8, 4) is 11.5 Å². The lowest BCUT2D eigenvalue weighted by molar-refractivity contribution is -0.0352. The van der Waals surface area contributed by atoms with Gasteiger partial charge in [-0.25, -0.2) is 4.98 Å². The van der Waals surface area contributed by atoms with Crippen molar-refractivity contribution in [1.29, 1.82) is 0 Å². The molecule has 33 heavy (non-hydrogen) atoms. The molecular weight excluding hydrogens is 529 g/mol. The van der Waals surface area contributed by atoms with Crippen LogP contribution < -0.4 is 10.6 Å². The summed E-state index contributed by atoms with van der Waals surface area (Å²) in [7, 11) is 1.84. The number of aromatic nitrogens is 1. The van der Waals surface area contributed by atoms with Gasteiger partial charge in [-0.2, -0.15) is 0 Å². The number of aliphatic imine (C=N–C) groups is 1. The van der Waals surface area contributed by atoms with Gasteiger partial charge in [0.1, 0.15) is 6.26 Å². The van der Waals surface area contributed by atoms with Gasteiger partial charge in [0.2, 0.25) is 5.89 Å². The van der Waals surface area contributed by atoms with Crippen LogP contribution in [0.4, 0.5) is 0 Å². The molecule has 2 N–H and O–H groups in total. The topological polar surface area (TPSA) is 74.9 Å². The number of aryl methyl sites for hydroxylation is 1.